The highest BCUT2D eigenvalue weighted by atomic mass is 32.4. The molecule has 0 amide bonds. The van der Waals surface area contributed by atoms with Gasteiger partial charge in [-0.3, -0.25) is 0 Å². The molecule has 0 aromatic carbocycles. The molecule has 0 radical (unpaired) electrons. The van der Waals surface area contributed by atoms with E-state index in [1.165, 1.54) is 0 Å². The third-order valence-electron chi connectivity index (χ3n) is 2.67. The summed E-state index contributed by atoms with van der Waals surface area (Å²) in [5.74, 6) is 0. The summed E-state index contributed by atoms with van der Waals surface area (Å²) in [6, 6.07) is 4.10. The molecular weight excluding hydrogens is 251 g/mol. The molecule has 2 heterocycles. The molecule has 0 saturated carbocycles. The van der Waals surface area contributed by atoms with E-state index in [0.29, 0.717) is 0 Å². The molecule has 0 aliphatic heterocycles. The van der Waals surface area contributed by atoms with Gasteiger partial charge in [0.25, 0.3) is 0 Å². The van der Waals surface area contributed by atoms with Crippen LogP contribution in [0.5, 0.6) is 0 Å². The number of rotatable bonds is 2. The lowest BCUT2D eigenvalue weighted by molar-refractivity contribution is 0.854. The van der Waals surface area contributed by atoms with Crippen LogP contribution < -0.4 is 0 Å². The lowest BCUT2D eigenvalue weighted by atomic mass is 10.4. The number of aromatic nitrogens is 4. The van der Waals surface area contributed by atoms with Crippen LogP contribution in [0.25, 0.3) is 0 Å². The van der Waals surface area contributed by atoms with Crippen LogP contribution in [-0.2, 0) is 11.8 Å². The first-order valence-electron chi connectivity index (χ1n) is 5.48. The van der Waals surface area contributed by atoms with E-state index in [4.69, 9.17) is 11.8 Å². The van der Waals surface area contributed by atoms with E-state index < -0.39 is 6.34 Å². The summed E-state index contributed by atoms with van der Waals surface area (Å²) < 4.78 is 3.91. The molecule has 2 rings (SSSR count). The first-order chi connectivity index (χ1) is 7.82. The Morgan fingerprint density at radius 1 is 0.941 bits per heavy atom. The maximum atomic E-state index is 5.79. The van der Waals surface area contributed by atoms with E-state index in [-0.39, 0.29) is 0 Å². The molecule has 2 aromatic heterocycles. The van der Waals surface area contributed by atoms with Gasteiger partial charge in [0.2, 0.25) is 0 Å². The summed E-state index contributed by atoms with van der Waals surface area (Å²) in [4.78, 5) is 0. The SMILES string of the molecule is Cc1cc(C)n(P(C)(=S)n2nc(C)cc2C)n1. The molecule has 0 bridgehead atoms. The van der Waals surface area contributed by atoms with Crippen molar-refractivity contribution in [3.8, 4) is 0 Å². The van der Waals surface area contributed by atoms with Gasteiger partial charge in [0.05, 0.1) is 11.4 Å². The Bertz CT molecular complexity index is 561. The van der Waals surface area contributed by atoms with Crippen LogP contribution in [0.1, 0.15) is 22.8 Å². The highest BCUT2D eigenvalue weighted by Crippen LogP contribution is 2.45. The number of hydrogen-bond donors (Lipinski definition) is 0. The molecule has 0 spiro atoms. The second kappa shape index (κ2) is 4.07. The van der Waals surface area contributed by atoms with Gasteiger partial charge in [0, 0.05) is 18.1 Å². The molecule has 17 heavy (non-hydrogen) atoms. The van der Waals surface area contributed by atoms with Crippen molar-refractivity contribution in [3.63, 3.8) is 0 Å². The molecular formula is C11H17N4PS. The molecule has 0 aliphatic carbocycles. The third-order valence-corrected chi connectivity index (χ3v) is 5.82. The summed E-state index contributed by atoms with van der Waals surface area (Å²) >= 11 is 5.79. The molecule has 0 atom stereocenters. The van der Waals surface area contributed by atoms with Crippen molar-refractivity contribution in [2.24, 2.45) is 0 Å². The molecule has 0 unspecified atom stereocenters. The van der Waals surface area contributed by atoms with E-state index in [0.717, 1.165) is 22.8 Å². The van der Waals surface area contributed by atoms with Gasteiger partial charge < -0.3 is 0 Å². The van der Waals surface area contributed by atoms with Gasteiger partial charge in [-0.25, -0.2) is 8.90 Å². The summed E-state index contributed by atoms with van der Waals surface area (Å²) in [5, 5.41) is 9.02. The zero-order valence-corrected chi connectivity index (χ0v) is 12.5. The highest BCUT2D eigenvalue weighted by molar-refractivity contribution is 8.12. The summed E-state index contributed by atoms with van der Waals surface area (Å²) in [6.07, 6.45) is -1.99. The third kappa shape index (κ3) is 2.09. The number of nitrogens with zero attached hydrogens (tertiary/aromatic N) is 4. The Morgan fingerprint density at radius 3 is 1.53 bits per heavy atom. The Labute approximate surface area is 107 Å². The van der Waals surface area contributed by atoms with E-state index in [2.05, 4.69) is 29.0 Å². The van der Waals surface area contributed by atoms with Gasteiger partial charge in [0.1, 0.15) is 0 Å². The predicted molar refractivity (Wildman–Crippen MR) is 74.4 cm³/mol. The van der Waals surface area contributed by atoms with E-state index in [9.17, 15) is 0 Å². The summed E-state index contributed by atoms with van der Waals surface area (Å²) in [7, 11) is 0. The standard InChI is InChI=1S/C11H17N4PS/c1-8-6-10(3)14(12-8)16(5,17)15-11(4)7-9(2)13-15/h6-7H,1-5H3. The van der Waals surface area contributed by atoms with E-state index >= 15 is 0 Å². The molecule has 4 nitrogen and oxygen atoms in total. The minimum Gasteiger partial charge on any atom is -0.221 e. The van der Waals surface area contributed by atoms with Crippen LogP contribution in [0, 0.1) is 27.7 Å². The lowest BCUT2D eigenvalue weighted by Gasteiger charge is -2.21. The average molecular weight is 268 g/mol. The Balaban J connectivity index is 2.61. The van der Waals surface area contributed by atoms with Crippen LogP contribution in [0.2, 0.25) is 0 Å². The molecule has 0 aliphatic rings. The van der Waals surface area contributed by atoms with Gasteiger partial charge in [-0.05, 0) is 51.6 Å². The maximum Gasteiger partial charge on any atom is 0.161 e. The van der Waals surface area contributed by atoms with Crippen molar-refractivity contribution in [3.05, 3.63) is 34.9 Å². The van der Waals surface area contributed by atoms with Crippen molar-refractivity contribution in [1.82, 2.24) is 19.1 Å². The first kappa shape index (κ1) is 12.5. The minimum atomic E-state index is -1.99. The van der Waals surface area contributed by atoms with Crippen LogP contribution in [-0.4, -0.2) is 25.8 Å². The lowest BCUT2D eigenvalue weighted by Crippen LogP contribution is -2.10. The van der Waals surface area contributed by atoms with Crippen LogP contribution >= 0.6 is 6.34 Å². The summed E-state index contributed by atoms with van der Waals surface area (Å²) in [5.41, 5.74) is 4.20. The van der Waals surface area contributed by atoms with Gasteiger partial charge in [-0.15, -0.1) is 0 Å². The Morgan fingerprint density at radius 2 is 1.29 bits per heavy atom. The highest BCUT2D eigenvalue weighted by Gasteiger charge is 2.21. The van der Waals surface area contributed by atoms with Crippen molar-refractivity contribution >= 4 is 18.1 Å². The monoisotopic (exact) mass is 268 g/mol. The fraction of sp³-hybridized carbons (Fsp3) is 0.455. The van der Waals surface area contributed by atoms with Crippen molar-refractivity contribution in [2.75, 3.05) is 6.66 Å². The fourth-order valence-electron chi connectivity index (χ4n) is 2.07. The molecule has 0 saturated heterocycles. The smallest absolute Gasteiger partial charge is 0.161 e. The number of aryl methyl sites for hydroxylation is 4. The molecule has 0 fully saturated rings. The normalized spacial score (nSPS) is 12.1. The minimum absolute atomic E-state index is 1.00. The predicted octanol–water partition coefficient (Wildman–Crippen LogP) is 2.65. The Hall–Kier alpha value is -0.930. The van der Waals surface area contributed by atoms with Gasteiger partial charge in [0.15, 0.2) is 6.34 Å². The number of hydrogen-bond acceptors (Lipinski definition) is 3. The second-order valence-corrected chi connectivity index (χ2v) is 8.97. The van der Waals surface area contributed by atoms with E-state index in [1.807, 2.05) is 36.6 Å². The van der Waals surface area contributed by atoms with Gasteiger partial charge in [-0.1, -0.05) is 0 Å². The molecule has 2 aromatic rings. The van der Waals surface area contributed by atoms with Crippen molar-refractivity contribution < 1.29 is 0 Å². The van der Waals surface area contributed by atoms with Crippen molar-refractivity contribution in [1.29, 1.82) is 0 Å². The van der Waals surface area contributed by atoms with Crippen LogP contribution in [0.4, 0.5) is 0 Å². The first-order valence-corrected chi connectivity index (χ1v) is 8.63. The van der Waals surface area contributed by atoms with Crippen LogP contribution in [0.3, 0.4) is 0 Å². The Kier molecular flexibility index (Phi) is 3.00. The van der Waals surface area contributed by atoms with Crippen LogP contribution in [0.15, 0.2) is 12.1 Å². The van der Waals surface area contributed by atoms with E-state index in [1.54, 1.807) is 0 Å². The maximum absolute atomic E-state index is 5.79. The van der Waals surface area contributed by atoms with Gasteiger partial charge >= 0.3 is 0 Å². The summed E-state index contributed by atoms with van der Waals surface area (Å²) in [6.45, 7) is 10.1. The molecule has 6 heteroatoms. The van der Waals surface area contributed by atoms with Gasteiger partial charge in [-0.2, -0.15) is 10.2 Å². The average Bonchev–Trinajstić information content (AvgIpc) is 2.70. The fourth-order valence-corrected chi connectivity index (χ4v) is 5.12. The quantitative estimate of drug-likeness (QED) is 0.785. The molecule has 0 N–H and O–H groups in total. The zero-order chi connectivity index (χ0) is 12.8. The molecule has 92 valence electrons. The zero-order valence-electron chi connectivity index (χ0n) is 10.8. The topological polar surface area (TPSA) is 35.6 Å². The van der Waals surface area contributed by atoms with Crippen molar-refractivity contribution in [2.45, 2.75) is 27.7 Å². The second-order valence-electron chi connectivity index (χ2n) is 4.47. The largest absolute Gasteiger partial charge is 0.221 e.